The van der Waals surface area contributed by atoms with Crippen LogP contribution in [0.3, 0.4) is 0 Å². The molecule has 2 N–H and O–H groups in total. The van der Waals surface area contributed by atoms with Crippen molar-refractivity contribution < 1.29 is 4.52 Å². The molecular formula is C18H19N3O. The minimum atomic E-state index is 0.614. The number of hydrogen-bond donors (Lipinski definition) is 1. The van der Waals surface area contributed by atoms with E-state index in [1.165, 1.54) is 5.56 Å². The van der Waals surface area contributed by atoms with E-state index in [9.17, 15) is 0 Å². The van der Waals surface area contributed by atoms with E-state index in [1.54, 1.807) is 0 Å². The summed E-state index contributed by atoms with van der Waals surface area (Å²) >= 11 is 0. The highest BCUT2D eigenvalue weighted by molar-refractivity contribution is 5.55. The van der Waals surface area contributed by atoms with E-state index < -0.39 is 0 Å². The summed E-state index contributed by atoms with van der Waals surface area (Å²) in [5, 5.41) is 4.07. The number of hydrogen-bond acceptors (Lipinski definition) is 4. The molecule has 0 atom stereocenters. The summed E-state index contributed by atoms with van der Waals surface area (Å²) in [5.74, 6) is 1.24. The average molecular weight is 293 g/mol. The number of anilines is 1. The van der Waals surface area contributed by atoms with E-state index in [0.29, 0.717) is 18.1 Å². The van der Waals surface area contributed by atoms with Gasteiger partial charge in [-0.2, -0.15) is 4.98 Å². The second kappa shape index (κ2) is 5.64. The Kier molecular flexibility index (Phi) is 3.67. The lowest BCUT2D eigenvalue weighted by atomic mass is 10.0. The van der Waals surface area contributed by atoms with Crippen LogP contribution in [0.1, 0.15) is 28.1 Å². The van der Waals surface area contributed by atoms with Crippen LogP contribution in [0.25, 0.3) is 11.4 Å². The zero-order chi connectivity index (χ0) is 15.7. The van der Waals surface area contributed by atoms with Gasteiger partial charge < -0.3 is 10.3 Å². The molecule has 2 aromatic carbocycles. The van der Waals surface area contributed by atoms with Crippen molar-refractivity contribution in [2.24, 2.45) is 0 Å². The first-order chi connectivity index (χ1) is 10.5. The average Bonchev–Trinajstić information content (AvgIpc) is 2.94. The number of nitrogen functional groups attached to an aromatic ring is 1. The van der Waals surface area contributed by atoms with E-state index in [1.807, 2.05) is 44.2 Å². The maximum Gasteiger partial charge on any atom is 0.231 e. The van der Waals surface area contributed by atoms with Gasteiger partial charge in [-0.1, -0.05) is 41.1 Å². The third-order valence-corrected chi connectivity index (χ3v) is 3.84. The fourth-order valence-electron chi connectivity index (χ4n) is 2.40. The Labute approximate surface area is 130 Å². The van der Waals surface area contributed by atoms with Crippen LogP contribution in [-0.4, -0.2) is 10.1 Å². The number of aryl methyl sites for hydroxylation is 3. The van der Waals surface area contributed by atoms with Crippen molar-refractivity contribution in [2.75, 3.05) is 5.73 Å². The first-order valence-electron chi connectivity index (χ1n) is 7.28. The highest BCUT2D eigenvalue weighted by Crippen LogP contribution is 2.22. The summed E-state index contributed by atoms with van der Waals surface area (Å²) in [5.41, 5.74) is 12.3. The van der Waals surface area contributed by atoms with E-state index in [4.69, 9.17) is 10.3 Å². The van der Waals surface area contributed by atoms with Gasteiger partial charge in [0.15, 0.2) is 0 Å². The molecule has 0 amide bonds. The Morgan fingerprint density at radius 1 is 1.00 bits per heavy atom. The number of benzene rings is 2. The highest BCUT2D eigenvalue weighted by Gasteiger charge is 2.11. The molecule has 0 saturated heterocycles. The molecule has 112 valence electrons. The molecule has 0 aliphatic carbocycles. The number of nitrogens with zero attached hydrogens (tertiary/aromatic N) is 2. The SMILES string of the molecule is Cc1ccc(-c2noc(Cc3cc(C)c(N)cc3C)n2)cc1. The van der Waals surface area contributed by atoms with Gasteiger partial charge in [0.25, 0.3) is 0 Å². The van der Waals surface area contributed by atoms with Gasteiger partial charge in [-0.15, -0.1) is 0 Å². The maximum atomic E-state index is 5.92. The standard InChI is InChI=1S/C18H19N3O/c1-11-4-6-14(7-5-11)18-20-17(22-21-18)10-15-8-13(3)16(19)9-12(15)2/h4-9H,10,19H2,1-3H3. The van der Waals surface area contributed by atoms with Crippen LogP contribution in [0.15, 0.2) is 40.9 Å². The molecular weight excluding hydrogens is 274 g/mol. The van der Waals surface area contributed by atoms with Crippen LogP contribution >= 0.6 is 0 Å². The van der Waals surface area contributed by atoms with Gasteiger partial charge in [0.1, 0.15) is 0 Å². The quantitative estimate of drug-likeness (QED) is 0.745. The molecule has 0 aliphatic heterocycles. The first-order valence-corrected chi connectivity index (χ1v) is 7.28. The van der Waals surface area contributed by atoms with Gasteiger partial charge in [-0.05, 0) is 43.5 Å². The molecule has 1 heterocycles. The number of aromatic nitrogens is 2. The Hall–Kier alpha value is -2.62. The van der Waals surface area contributed by atoms with Crippen LogP contribution in [0.2, 0.25) is 0 Å². The molecule has 0 radical (unpaired) electrons. The Balaban J connectivity index is 1.86. The van der Waals surface area contributed by atoms with Crippen molar-refractivity contribution >= 4 is 5.69 Å². The molecule has 0 unspecified atom stereocenters. The van der Waals surface area contributed by atoms with E-state index in [2.05, 4.69) is 23.1 Å². The predicted octanol–water partition coefficient (Wildman–Crippen LogP) is 3.83. The fraction of sp³-hybridized carbons (Fsp3) is 0.222. The largest absolute Gasteiger partial charge is 0.399 e. The lowest BCUT2D eigenvalue weighted by molar-refractivity contribution is 0.385. The van der Waals surface area contributed by atoms with Crippen molar-refractivity contribution in [3.63, 3.8) is 0 Å². The van der Waals surface area contributed by atoms with Crippen LogP contribution < -0.4 is 5.73 Å². The first kappa shape index (κ1) is 14.3. The van der Waals surface area contributed by atoms with Gasteiger partial charge in [-0.25, -0.2) is 0 Å². The van der Waals surface area contributed by atoms with Crippen LogP contribution in [-0.2, 0) is 6.42 Å². The normalized spacial score (nSPS) is 10.9. The third kappa shape index (κ3) is 2.86. The third-order valence-electron chi connectivity index (χ3n) is 3.84. The van der Waals surface area contributed by atoms with Gasteiger partial charge >= 0.3 is 0 Å². The van der Waals surface area contributed by atoms with E-state index in [0.717, 1.165) is 27.9 Å². The maximum absolute atomic E-state index is 5.92. The Morgan fingerprint density at radius 2 is 1.73 bits per heavy atom. The van der Waals surface area contributed by atoms with Crippen molar-refractivity contribution in [1.29, 1.82) is 0 Å². The van der Waals surface area contributed by atoms with Crippen molar-refractivity contribution in [1.82, 2.24) is 10.1 Å². The van der Waals surface area contributed by atoms with Crippen molar-refractivity contribution in [3.05, 3.63) is 64.5 Å². The molecule has 4 nitrogen and oxygen atoms in total. The lowest BCUT2D eigenvalue weighted by Crippen LogP contribution is -1.97. The van der Waals surface area contributed by atoms with Crippen LogP contribution in [0.5, 0.6) is 0 Å². The number of rotatable bonds is 3. The summed E-state index contributed by atoms with van der Waals surface area (Å²) in [4.78, 5) is 4.49. The zero-order valence-corrected chi connectivity index (χ0v) is 13.1. The topological polar surface area (TPSA) is 64.9 Å². The van der Waals surface area contributed by atoms with Crippen LogP contribution in [0, 0.1) is 20.8 Å². The molecule has 0 bridgehead atoms. The summed E-state index contributed by atoms with van der Waals surface area (Å²) in [6, 6.07) is 12.2. The summed E-state index contributed by atoms with van der Waals surface area (Å²) in [6.07, 6.45) is 0.617. The molecule has 4 heteroatoms. The second-order valence-electron chi connectivity index (χ2n) is 5.69. The summed E-state index contributed by atoms with van der Waals surface area (Å²) in [6.45, 7) is 6.10. The number of nitrogens with two attached hydrogens (primary N) is 1. The molecule has 22 heavy (non-hydrogen) atoms. The molecule has 3 rings (SSSR count). The molecule has 0 fully saturated rings. The molecule has 0 saturated carbocycles. The Morgan fingerprint density at radius 3 is 2.45 bits per heavy atom. The van der Waals surface area contributed by atoms with Gasteiger partial charge in [0.2, 0.25) is 11.7 Å². The lowest BCUT2D eigenvalue weighted by Gasteiger charge is -2.07. The Bertz CT molecular complexity index is 804. The van der Waals surface area contributed by atoms with Gasteiger partial charge in [0, 0.05) is 11.3 Å². The minimum Gasteiger partial charge on any atom is -0.399 e. The van der Waals surface area contributed by atoms with Gasteiger partial charge in [-0.3, -0.25) is 0 Å². The summed E-state index contributed by atoms with van der Waals surface area (Å²) < 4.78 is 5.39. The highest BCUT2D eigenvalue weighted by atomic mass is 16.5. The fourth-order valence-corrected chi connectivity index (χ4v) is 2.40. The van der Waals surface area contributed by atoms with Crippen LogP contribution in [0.4, 0.5) is 5.69 Å². The monoisotopic (exact) mass is 293 g/mol. The smallest absolute Gasteiger partial charge is 0.231 e. The van der Waals surface area contributed by atoms with Crippen molar-refractivity contribution in [2.45, 2.75) is 27.2 Å². The molecule has 0 aliphatic rings. The zero-order valence-electron chi connectivity index (χ0n) is 13.1. The van der Waals surface area contributed by atoms with E-state index in [-0.39, 0.29) is 0 Å². The second-order valence-corrected chi connectivity index (χ2v) is 5.69. The minimum absolute atomic E-state index is 0.614. The molecule has 0 spiro atoms. The van der Waals surface area contributed by atoms with E-state index >= 15 is 0 Å². The summed E-state index contributed by atoms with van der Waals surface area (Å²) in [7, 11) is 0. The van der Waals surface area contributed by atoms with Crippen molar-refractivity contribution in [3.8, 4) is 11.4 Å². The predicted molar refractivity (Wildman–Crippen MR) is 87.6 cm³/mol. The molecule has 3 aromatic rings. The van der Waals surface area contributed by atoms with Gasteiger partial charge in [0.05, 0.1) is 6.42 Å². The molecule has 1 aromatic heterocycles.